The molecule has 6 heteroatoms. The molecule has 27 heavy (non-hydrogen) atoms. The number of aryl methyl sites for hydroxylation is 2. The van der Waals surface area contributed by atoms with Crippen molar-refractivity contribution in [3.8, 4) is 11.5 Å². The molecule has 140 valence electrons. The van der Waals surface area contributed by atoms with Crippen LogP contribution in [0.1, 0.15) is 28.8 Å². The summed E-state index contributed by atoms with van der Waals surface area (Å²) < 4.78 is 11.1. The van der Waals surface area contributed by atoms with Gasteiger partial charge in [-0.15, -0.1) is 11.3 Å². The average Bonchev–Trinajstić information content (AvgIpc) is 3.08. The van der Waals surface area contributed by atoms with Crippen molar-refractivity contribution in [2.45, 2.75) is 32.2 Å². The smallest absolute Gasteiger partial charge is 0.348 e. The lowest BCUT2D eigenvalue weighted by Crippen LogP contribution is -2.35. The zero-order valence-corrected chi connectivity index (χ0v) is 16.0. The van der Waals surface area contributed by atoms with E-state index in [1.165, 1.54) is 22.4 Å². The Kier molecular flexibility index (Phi) is 4.55. The highest BCUT2D eigenvalue weighted by Crippen LogP contribution is 2.34. The van der Waals surface area contributed by atoms with Crippen LogP contribution in [0, 0.1) is 0 Å². The molecule has 2 aromatic heterocycles. The summed E-state index contributed by atoms with van der Waals surface area (Å²) in [6.07, 6.45) is 4.36. The van der Waals surface area contributed by atoms with E-state index in [0.29, 0.717) is 11.3 Å². The molecule has 2 aliphatic rings. The Labute approximate surface area is 161 Å². The second-order valence-corrected chi connectivity index (χ2v) is 8.37. The van der Waals surface area contributed by atoms with E-state index in [4.69, 9.17) is 14.1 Å². The molecule has 0 atom stereocenters. The molecule has 3 aromatic rings. The first kappa shape index (κ1) is 17.1. The van der Waals surface area contributed by atoms with Gasteiger partial charge in [-0.05, 0) is 48.9 Å². The predicted octanol–water partition coefficient (Wildman–Crippen LogP) is 3.63. The van der Waals surface area contributed by atoms with E-state index < -0.39 is 0 Å². The molecule has 0 unspecified atom stereocenters. The SMILES string of the molecule is O=c1oc(-c2cccc(CN3CCOCC3)c2)nc2sc3c(c12)CCCC3. The first-order valence-corrected chi connectivity index (χ1v) is 10.4. The molecule has 1 aromatic carbocycles. The number of rotatable bonds is 3. The van der Waals surface area contributed by atoms with Crippen molar-refractivity contribution < 1.29 is 9.15 Å². The van der Waals surface area contributed by atoms with Gasteiger partial charge in [-0.25, -0.2) is 9.78 Å². The zero-order valence-electron chi connectivity index (χ0n) is 15.2. The number of hydrogen-bond acceptors (Lipinski definition) is 6. The molecule has 0 saturated carbocycles. The van der Waals surface area contributed by atoms with Crippen LogP contribution in [-0.2, 0) is 24.1 Å². The Morgan fingerprint density at radius 3 is 2.89 bits per heavy atom. The molecule has 3 heterocycles. The van der Waals surface area contributed by atoms with Gasteiger partial charge in [0.25, 0.3) is 0 Å². The Morgan fingerprint density at radius 1 is 1.15 bits per heavy atom. The average molecular weight is 382 g/mol. The van der Waals surface area contributed by atoms with Gasteiger partial charge in [-0.3, -0.25) is 4.90 Å². The molecular formula is C21H22N2O3S. The molecule has 1 aliphatic heterocycles. The molecule has 0 radical (unpaired) electrons. The summed E-state index contributed by atoms with van der Waals surface area (Å²) in [7, 11) is 0. The minimum Gasteiger partial charge on any atom is -0.403 e. The predicted molar refractivity (Wildman–Crippen MR) is 106 cm³/mol. The third kappa shape index (κ3) is 3.33. The Balaban J connectivity index is 1.50. The maximum absolute atomic E-state index is 12.7. The van der Waals surface area contributed by atoms with Gasteiger partial charge in [0.1, 0.15) is 10.2 Å². The Bertz CT molecular complexity index is 1030. The summed E-state index contributed by atoms with van der Waals surface area (Å²) in [6, 6.07) is 8.17. The summed E-state index contributed by atoms with van der Waals surface area (Å²) >= 11 is 1.66. The number of morpholine rings is 1. The largest absolute Gasteiger partial charge is 0.403 e. The van der Waals surface area contributed by atoms with Gasteiger partial charge in [0, 0.05) is 30.1 Å². The number of aromatic nitrogens is 1. The van der Waals surface area contributed by atoms with Crippen LogP contribution in [-0.4, -0.2) is 36.2 Å². The Hall–Kier alpha value is -2.02. The van der Waals surface area contributed by atoms with E-state index >= 15 is 0 Å². The number of hydrogen-bond donors (Lipinski definition) is 0. The van der Waals surface area contributed by atoms with Crippen molar-refractivity contribution in [2.24, 2.45) is 0 Å². The van der Waals surface area contributed by atoms with Crippen LogP contribution < -0.4 is 5.63 Å². The third-order valence-corrected chi connectivity index (χ3v) is 6.62. The van der Waals surface area contributed by atoms with Crippen LogP contribution in [0.2, 0.25) is 0 Å². The van der Waals surface area contributed by atoms with Crippen molar-refractivity contribution in [1.82, 2.24) is 9.88 Å². The molecule has 5 nitrogen and oxygen atoms in total. The van der Waals surface area contributed by atoms with Crippen LogP contribution in [0.5, 0.6) is 0 Å². The highest BCUT2D eigenvalue weighted by atomic mass is 32.1. The maximum Gasteiger partial charge on any atom is 0.348 e. The molecule has 1 aliphatic carbocycles. The second kappa shape index (κ2) is 7.19. The summed E-state index contributed by atoms with van der Waals surface area (Å²) in [6.45, 7) is 4.34. The van der Waals surface area contributed by atoms with Crippen LogP contribution in [0.3, 0.4) is 0 Å². The van der Waals surface area contributed by atoms with Gasteiger partial charge in [0.2, 0.25) is 5.89 Å². The lowest BCUT2D eigenvalue weighted by molar-refractivity contribution is 0.0342. The third-order valence-electron chi connectivity index (χ3n) is 5.43. The molecule has 0 N–H and O–H groups in total. The van der Waals surface area contributed by atoms with Crippen molar-refractivity contribution in [2.75, 3.05) is 26.3 Å². The number of benzene rings is 1. The quantitative estimate of drug-likeness (QED) is 0.692. The molecular weight excluding hydrogens is 360 g/mol. The summed E-state index contributed by atoms with van der Waals surface area (Å²) in [5.41, 5.74) is 3.00. The molecule has 5 rings (SSSR count). The highest BCUT2D eigenvalue weighted by molar-refractivity contribution is 7.18. The molecule has 0 bridgehead atoms. The van der Waals surface area contributed by atoms with E-state index in [1.54, 1.807) is 11.3 Å². The summed E-state index contributed by atoms with van der Waals surface area (Å²) in [5.74, 6) is 0.426. The van der Waals surface area contributed by atoms with Crippen molar-refractivity contribution in [1.29, 1.82) is 0 Å². The van der Waals surface area contributed by atoms with Gasteiger partial charge in [-0.2, -0.15) is 0 Å². The van der Waals surface area contributed by atoms with E-state index in [9.17, 15) is 4.79 Å². The van der Waals surface area contributed by atoms with Crippen molar-refractivity contribution >= 4 is 21.6 Å². The van der Waals surface area contributed by atoms with Crippen LogP contribution in [0.25, 0.3) is 21.7 Å². The van der Waals surface area contributed by atoms with Crippen molar-refractivity contribution in [3.63, 3.8) is 0 Å². The molecule has 1 saturated heterocycles. The van der Waals surface area contributed by atoms with Gasteiger partial charge in [-0.1, -0.05) is 12.1 Å². The molecule has 0 spiro atoms. The fraction of sp³-hybridized carbons (Fsp3) is 0.429. The van der Waals surface area contributed by atoms with Crippen LogP contribution >= 0.6 is 11.3 Å². The highest BCUT2D eigenvalue weighted by Gasteiger charge is 2.21. The molecule has 1 fully saturated rings. The fourth-order valence-corrected chi connectivity index (χ4v) is 5.28. The number of ether oxygens (including phenoxy) is 1. The van der Waals surface area contributed by atoms with Gasteiger partial charge >= 0.3 is 5.63 Å². The van der Waals surface area contributed by atoms with E-state index in [-0.39, 0.29) is 5.63 Å². The van der Waals surface area contributed by atoms with E-state index in [2.05, 4.69) is 17.0 Å². The summed E-state index contributed by atoms with van der Waals surface area (Å²) in [4.78, 5) is 21.9. The first-order chi connectivity index (χ1) is 13.3. The minimum absolute atomic E-state index is 0.243. The maximum atomic E-state index is 12.7. The lowest BCUT2D eigenvalue weighted by Gasteiger charge is -2.26. The second-order valence-electron chi connectivity index (χ2n) is 7.29. The number of thiophene rings is 1. The topological polar surface area (TPSA) is 55.6 Å². The van der Waals surface area contributed by atoms with Crippen LogP contribution in [0.15, 0.2) is 33.5 Å². The van der Waals surface area contributed by atoms with E-state index in [0.717, 1.165) is 62.5 Å². The standard InChI is InChI=1S/C21H22N2O3S/c24-21-18-16-6-1-2-7-17(16)27-20(18)22-19(26-21)15-5-3-4-14(12-15)13-23-8-10-25-11-9-23/h3-5,12H,1-2,6-11,13H2. The van der Waals surface area contributed by atoms with Gasteiger partial charge < -0.3 is 9.15 Å². The Morgan fingerprint density at radius 2 is 2.00 bits per heavy atom. The fourth-order valence-electron chi connectivity index (χ4n) is 4.04. The summed E-state index contributed by atoms with van der Waals surface area (Å²) in [5, 5.41) is 0.711. The van der Waals surface area contributed by atoms with Crippen molar-refractivity contribution in [3.05, 3.63) is 50.7 Å². The zero-order chi connectivity index (χ0) is 18.2. The number of nitrogens with zero attached hydrogens (tertiary/aromatic N) is 2. The monoisotopic (exact) mass is 382 g/mol. The lowest BCUT2D eigenvalue weighted by atomic mass is 9.97. The minimum atomic E-state index is -0.243. The number of fused-ring (bicyclic) bond motifs is 3. The van der Waals surface area contributed by atoms with Crippen LogP contribution in [0.4, 0.5) is 0 Å². The molecule has 0 amide bonds. The normalized spacial score (nSPS) is 17.9. The first-order valence-electron chi connectivity index (χ1n) is 9.63. The van der Waals surface area contributed by atoms with Gasteiger partial charge in [0.05, 0.1) is 13.2 Å². The van der Waals surface area contributed by atoms with E-state index in [1.807, 2.05) is 12.1 Å². The van der Waals surface area contributed by atoms with Gasteiger partial charge in [0.15, 0.2) is 0 Å².